The Morgan fingerprint density at radius 1 is 1.43 bits per heavy atom. The molecule has 1 heterocycles. The van der Waals surface area contributed by atoms with Crippen LogP contribution in [0, 0.1) is 0 Å². The topological polar surface area (TPSA) is 69.6 Å². The molecule has 0 aliphatic rings. The zero-order valence-corrected chi connectivity index (χ0v) is 9.10. The number of tetrazole rings is 1. The molecule has 0 fully saturated rings. The lowest BCUT2D eigenvalue weighted by Crippen LogP contribution is -2.24. The molecular formula is C9H17N5. The number of nitrogens with two attached hydrogens (primary N) is 1. The average Bonchev–Trinajstić information content (AvgIpc) is 2.47. The summed E-state index contributed by atoms with van der Waals surface area (Å²) in [7, 11) is 0. The Balaban J connectivity index is 2.79. The second-order valence-corrected chi connectivity index (χ2v) is 4.33. The van der Waals surface area contributed by atoms with Crippen molar-refractivity contribution in [3.8, 4) is 0 Å². The Morgan fingerprint density at radius 2 is 2.07 bits per heavy atom. The van der Waals surface area contributed by atoms with Crippen molar-refractivity contribution in [3.63, 3.8) is 0 Å². The first-order valence-corrected chi connectivity index (χ1v) is 4.64. The molecule has 78 valence electrons. The Labute approximate surface area is 84.0 Å². The molecule has 0 aliphatic heterocycles. The standard InChI is InChI=1S/C9H17N5/c1-7(10)5-6-8-11-13-14(12-8)9(2,3)4/h5-7H,10H2,1-4H3/b6-5+. The average molecular weight is 195 g/mol. The van der Waals surface area contributed by atoms with Gasteiger partial charge in [-0.25, -0.2) is 0 Å². The van der Waals surface area contributed by atoms with Crippen molar-refractivity contribution in [3.05, 3.63) is 11.9 Å². The van der Waals surface area contributed by atoms with Gasteiger partial charge in [0, 0.05) is 6.04 Å². The van der Waals surface area contributed by atoms with E-state index < -0.39 is 0 Å². The van der Waals surface area contributed by atoms with Crippen LogP contribution in [0.2, 0.25) is 0 Å². The van der Waals surface area contributed by atoms with Crippen molar-refractivity contribution < 1.29 is 0 Å². The van der Waals surface area contributed by atoms with Crippen LogP contribution in [-0.4, -0.2) is 26.2 Å². The minimum atomic E-state index is -0.132. The highest BCUT2D eigenvalue weighted by Gasteiger charge is 2.15. The lowest BCUT2D eigenvalue weighted by Gasteiger charge is -2.15. The summed E-state index contributed by atoms with van der Waals surface area (Å²) in [4.78, 5) is 1.59. The van der Waals surface area contributed by atoms with Crippen molar-refractivity contribution in [2.45, 2.75) is 39.3 Å². The predicted octanol–water partition coefficient (Wildman–Crippen LogP) is 0.788. The van der Waals surface area contributed by atoms with Crippen LogP contribution in [0.5, 0.6) is 0 Å². The number of hydrogen-bond donors (Lipinski definition) is 1. The van der Waals surface area contributed by atoms with Crippen LogP contribution < -0.4 is 5.73 Å². The quantitative estimate of drug-likeness (QED) is 0.757. The first-order chi connectivity index (χ1) is 6.39. The summed E-state index contributed by atoms with van der Waals surface area (Å²) < 4.78 is 0. The summed E-state index contributed by atoms with van der Waals surface area (Å²) in [5.74, 6) is 0.595. The van der Waals surface area contributed by atoms with Crippen LogP contribution in [0.25, 0.3) is 6.08 Å². The van der Waals surface area contributed by atoms with Gasteiger partial charge in [0.25, 0.3) is 0 Å². The molecule has 5 nitrogen and oxygen atoms in total. The van der Waals surface area contributed by atoms with E-state index in [1.807, 2.05) is 33.8 Å². The van der Waals surface area contributed by atoms with Crippen LogP contribution in [0.1, 0.15) is 33.5 Å². The van der Waals surface area contributed by atoms with Gasteiger partial charge in [0.15, 0.2) is 5.82 Å². The monoisotopic (exact) mass is 195 g/mol. The molecule has 0 saturated heterocycles. The first-order valence-electron chi connectivity index (χ1n) is 4.64. The molecule has 0 saturated carbocycles. The highest BCUT2D eigenvalue weighted by atomic mass is 15.6. The highest BCUT2D eigenvalue weighted by Crippen LogP contribution is 2.09. The minimum Gasteiger partial charge on any atom is -0.325 e. The van der Waals surface area contributed by atoms with Gasteiger partial charge < -0.3 is 5.73 Å². The Kier molecular flexibility index (Phi) is 3.00. The molecular weight excluding hydrogens is 178 g/mol. The molecule has 1 aromatic heterocycles. The van der Waals surface area contributed by atoms with Crippen molar-refractivity contribution >= 4 is 6.08 Å². The Hall–Kier alpha value is -1.23. The lowest BCUT2D eigenvalue weighted by molar-refractivity contribution is 0.306. The normalized spacial score (nSPS) is 14.9. The molecule has 1 aromatic rings. The van der Waals surface area contributed by atoms with E-state index >= 15 is 0 Å². The molecule has 1 atom stereocenters. The van der Waals surface area contributed by atoms with Crippen LogP contribution in [-0.2, 0) is 5.54 Å². The van der Waals surface area contributed by atoms with Crippen LogP contribution in [0.15, 0.2) is 6.08 Å². The smallest absolute Gasteiger partial charge is 0.197 e. The summed E-state index contributed by atoms with van der Waals surface area (Å²) in [6.07, 6.45) is 3.62. The predicted molar refractivity (Wildman–Crippen MR) is 55.5 cm³/mol. The van der Waals surface area contributed by atoms with E-state index in [4.69, 9.17) is 5.73 Å². The lowest BCUT2D eigenvalue weighted by atomic mass is 10.1. The van der Waals surface area contributed by atoms with Gasteiger partial charge in [-0.05, 0) is 39.0 Å². The van der Waals surface area contributed by atoms with Gasteiger partial charge in [-0.3, -0.25) is 0 Å². The number of hydrogen-bond acceptors (Lipinski definition) is 4. The van der Waals surface area contributed by atoms with Gasteiger partial charge in [-0.1, -0.05) is 6.08 Å². The van der Waals surface area contributed by atoms with Gasteiger partial charge in [0.1, 0.15) is 0 Å². The van der Waals surface area contributed by atoms with Crippen molar-refractivity contribution in [2.24, 2.45) is 5.73 Å². The van der Waals surface area contributed by atoms with E-state index in [1.165, 1.54) is 0 Å². The third-order valence-electron chi connectivity index (χ3n) is 1.58. The summed E-state index contributed by atoms with van der Waals surface area (Å²) in [6.45, 7) is 7.96. The number of nitrogens with zero attached hydrogens (tertiary/aromatic N) is 4. The highest BCUT2D eigenvalue weighted by molar-refractivity contribution is 5.39. The van der Waals surface area contributed by atoms with E-state index in [0.717, 1.165) is 0 Å². The Morgan fingerprint density at radius 3 is 2.50 bits per heavy atom. The Bertz CT molecular complexity index is 318. The fourth-order valence-electron chi connectivity index (χ4n) is 0.814. The molecule has 0 aliphatic carbocycles. The largest absolute Gasteiger partial charge is 0.325 e. The molecule has 1 unspecified atom stereocenters. The SMILES string of the molecule is CC(N)/C=C/c1nnn(C(C)(C)C)n1. The van der Waals surface area contributed by atoms with E-state index in [2.05, 4.69) is 15.4 Å². The molecule has 5 heteroatoms. The van der Waals surface area contributed by atoms with Crippen LogP contribution >= 0.6 is 0 Å². The molecule has 14 heavy (non-hydrogen) atoms. The van der Waals surface area contributed by atoms with Crippen LogP contribution in [0.4, 0.5) is 0 Å². The molecule has 1 rings (SSSR count). The van der Waals surface area contributed by atoms with Crippen molar-refractivity contribution in [1.82, 2.24) is 20.2 Å². The second-order valence-electron chi connectivity index (χ2n) is 4.33. The fourth-order valence-corrected chi connectivity index (χ4v) is 0.814. The third kappa shape index (κ3) is 2.92. The van der Waals surface area contributed by atoms with Crippen LogP contribution in [0.3, 0.4) is 0 Å². The molecule has 2 N–H and O–H groups in total. The summed E-state index contributed by atoms with van der Waals surface area (Å²) >= 11 is 0. The van der Waals surface area contributed by atoms with E-state index in [9.17, 15) is 0 Å². The number of aromatic nitrogens is 4. The van der Waals surface area contributed by atoms with Gasteiger partial charge in [-0.2, -0.15) is 4.80 Å². The summed E-state index contributed by atoms with van der Waals surface area (Å²) in [5, 5.41) is 12.0. The zero-order chi connectivity index (χ0) is 10.8. The van der Waals surface area contributed by atoms with Gasteiger partial charge in [0.2, 0.25) is 0 Å². The molecule has 0 bridgehead atoms. The van der Waals surface area contributed by atoms with E-state index in [-0.39, 0.29) is 11.6 Å². The zero-order valence-electron chi connectivity index (χ0n) is 9.10. The molecule has 0 radical (unpaired) electrons. The van der Waals surface area contributed by atoms with Gasteiger partial charge in [-0.15, -0.1) is 10.2 Å². The van der Waals surface area contributed by atoms with E-state index in [1.54, 1.807) is 10.9 Å². The van der Waals surface area contributed by atoms with Crippen molar-refractivity contribution in [2.75, 3.05) is 0 Å². The fraction of sp³-hybridized carbons (Fsp3) is 0.667. The first kappa shape index (κ1) is 10.8. The van der Waals surface area contributed by atoms with Gasteiger partial charge in [0.05, 0.1) is 5.54 Å². The van der Waals surface area contributed by atoms with Crippen molar-refractivity contribution in [1.29, 1.82) is 0 Å². The third-order valence-corrected chi connectivity index (χ3v) is 1.58. The summed E-state index contributed by atoms with van der Waals surface area (Å²) in [5.41, 5.74) is 5.43. The molecule has 0 aromatic carbocycles. The maximum atomic E-state index is 5.56. The van der Waals surface area contributed by atoms with Gasteiger partial charge >= 0.3 is 0 Å². The van der Waals surface area contributed by atoms with E-state index in [0.29, 0.717) is 5.82 Å². The summed E-state index contributed by atoms with van der Waals surface area (Å²) in [6, 6.07) is 0.0107. The maximum absolute atomic E-state index is 5.56. The second kappa shape index (κ2) is 3.88. The maximum Gasteiger partial charge on any atom is 0.197 e. The molecule has 0 amide bonds. The molecule has 0 spiro atoms. The minimum absolute atomic E-state index is 0.0107. The number of rotatable bonds is 2.